The third kappa shape index (κ3) is 2.55. The first kappa shape index (κ1) is 14.5. The SMILES string of the molecule is CN[C@H]1CCN(c2nc(N)nc(N)c2-c2ccccc2F)C1. The van der Waals surface area contributed by atoms with Gasteiger partial charge in [-0.3, -0.25) is 0 Å². The highest BCUT2D eigenvalue weighted by atomic mass is 19.1. The highest BCUT2D eigenvalue weighted by Crippen LogP contribution is 2.36. The molecule has 0 bridgehead atoms. The van der Waals surface area contributed by atoms with Crippen LogP contribution in [0, 0.1) is 5.82 Å². The van der Waals surface area contributed by atoms with Crippen LogP contribution in [0.3, 0.4) is 0 Å². The molecule has 1 aliphatic rings. The Kier molecular flexibility index (Phi) is 3.81. The van der Waals surface area contributed by atoms with Crippen molar-refractivity contribution in [2.75, 3.05) is 36.5 Å². The van der Waals surface area contributed by atoms with Crippen LogP contribution in [-0.2, 0) is 0 Å². The van der Waals surface area contributed by atoms with Crippen molar-refractivity contribution in [3.05, 3.63) is 30.1 Å². The van der Waals surface area contributed by atoms with Crippen LogP contribution in [0.4, 0.5) is 22.0 Å². The van der Waals surface area contributed by atoms with Crippen molar-refractivity contribution in [2.24, 2.45) is 0 Å². The van der Waals surface area contributed by atoms with E-state index in [1.807, 2.05) is 7.05 Å². The third-order valence-corrected chi connectivity index (χ3v) is 3.97. The van der Waals surface area contributed by atoms with Crippen molar-refractivity contribution in [3.8, 4) is 11.1 Å². The van der Waals surface area contributed by atoms with Gasteiger partial charge in [-0.05, 0) is 19.5 Å². The van der Waals surface area contributed by atoms with Crippen LogP contribution in [0.2, 0.25) is 0 Å². The molecule has 116 valence electrons. The Morgan fingerprint density at radius 2 is 2.05 bits per heavy atom. The third-order valence-electron chi connectivity index (χ3n) is 3.97. The Labute approximate surface area is 128 Å². The predicted octanol–water partition coefficient (Wildman–Crippen LogP) is 1.25. The molecule has 0 spiro atoms. The molecule has 0 radical (unpaired) electrons. The fourth-order valence-corrected chi connectivity index (χ4v) is 2.82. The summed E-state index contributed by atoms with van der Waals surface area (Å²) in [5, 5.41) is 3.24. The van der Waals surface area contributed by atoms with E-state index in [4.69, 9.17) is 11.5 Å². The van der Waals surface area contributed by atoms with Gasteiger partial charge in [-0.15, -0.1) is 0 Å². The number of rotatable bonds is 3. The summed E-state index contributed by atoms with van der Waals surface area (Å²) in [6, 6.07) is 6.84. The number of nitrogens with one attached hydrogen (secondary N) is 1. The number of aromatic nitrogens is 2. The van der Waals surface area contributed by atoms with Crippen molar-refractivity contribution < 1.29 is 4.39 Å². The van der Waals surface area contributed by atoms with Gasteiger partial charge in [-0.25, -0.2) is 4.39 Å². The number of nitrogens with two attached hydrogens (primary N) is 2. The number of halogens is 1. The lowest BCUT2D eigenvalue weighted by molar-refractivity contribution is 0.616. The predicted molar refractivity (Wildman–Crippen MR) is 85.9 cm³/mol. The number of hydrogen-bond acceptors (Lipinski definition) is 6. The maximum absolute atomic E-state index is 14.2. The molecule has 1 aliphatic heterocycles. The number of nitrogens with zero attached hydrogens (tertiary/aromatic N) is 3. The maximum atomic E-state index is 14.2. The largest absolute Gasteiger partial charge is 0.383 e. The Morgan fingerprint density at radius 3 is 2.73 bits per heavy atom. The average Bonchev–Trinajstić information content (AvgIpc) is 2.96. The van der Waals surface area contributed by atoms with Crippen LogP contribution < -0.4 is 21.7 Å². The van der Waals surface area contributed by atoms with Crippen LogP contribution in [0.25, 0.3) is 11.1 Å². The average molecular weight is 302 g/mol. The lowest BCUT2D eigenvalue weighted by Crippen LogP contribution is -2.30. The number of hydrogen-bond donors (Lipinski definition) is 3. The van der Waals surface area contributed by atoms with Gasteiger partial charge in [-0.1, -0.05) is 18.2 Å². The lowest BCUT2D eigenvalue weighted by Gasteiger charge is -2.22. The standard InChI is InChI=1S/C15H19FN6/c1-19-9-6-7-22(8-9)14-12(13(17)20-15(18)21-14)10-4-2-3-5-11(10)16/h2-5,9,19H,6-8H2,1H3,(H4,17,18,20,21)/t9-/m0/s1. The second-order valence-corrected chi connectivity index (χ2v) is 5.37. The first-order valence-electron chi connectivity index (χ1n) is 7.20. The summed E-state index contributed by atoms with van der Waals surface area (Å²) in [6.07, 6.45) is 0.983. The zero-order valence-corrected chi connectivity index (χ0v) is 12.4. The molecule has 1 atom stereocenters. The zero-order chi connectivity index (χ0) is 15.7. The highest BCUT2D eigenvalue weighted by molar-refractivity contribution is 5.85. The molecule has 22 heavy (non-hydrogen) atoms. The molecule has 0 aliphatic carbocycles. The molecule has 1 fully saturated rings. The highest BCUT2D eigenvalue weighted by Gasteiger charge is 2.27. The van der Waals surface area contributed by atoms with Crippen LogP contribution in [0.1, 0.15) is 6.42 Å². The van der Waals surface area contributed by atoms with Gasteiger partial charge in [0.2, 0.25) is 5.95 Å². The molecular formula is C15H19FN6. The molecule has 1 aromatic carbocycles. The lowest BCUT2D eigenvalue weighted by atomic mass is 10.1. The monoisotopic (exact) mass is 302 g/mol. The summed E-state index contributed by atoms with van der Waals surface area (Å²) in [5.41, 5.74) is 12.7. The number of likely N-dealkylation sites (N-methyl/N-ethyl adjacent to an activating group) is 1. The Morgan fingerprint density at radius 1 is 1.27 bits per heavy atom. The van der Waals surface area contributed by atoms with E-state index >= 15 is 0 Å². The topological polar surface area (TPSA) is 93.1 Å². The fourth-order valence-electron chi connectivity index (χ4n) is 2.82. The first-order chi connectivity index (χ1) is 10.6. The molecule has 0 amide bonds. The Bertz CT molecular complexity index is 690. The molecule has 2 heterocycles. The second kappa shape index (κ2) is 5.76. The summed E-state index contributed by atoms with van der Waals surface area (Å²) < 4.78 is 14.2. The van der Waals surface area contributed by atoms with E-state index < -0.39 is 0 Å². The van der Waals surface area contributed by atoms with Crippen molar-refractivity contribution in [1.29, 1.82) is 0 Å². The van der Waals surface area contributed by atoms with Gasteiger partial charge in [0.05, 0.1) is 5.56 Å². The minimum atomic E-state index is -0.354. The van der Waals surface area contributed by atoms with Gasteiger partial charge in [0.25, 0.3) is 0 Å². The molecule has 6 nitrogen and oxygen atoms in total. The summed E-state index contributed by atoms with van der Waals surface area (Å²) in [7, 11) is 1.93. The minimum Gasteiger partial charge on any atom is -0.383 e. The molecule has 7 heteroatoms. The van der Waals surface area contributed by atoms with E-state index in [2.05, 4.69) is 20.2 Å². The van der Waals surface area contributed by atoms with Crippen LogP contribution in [0.15, 0.2) is 24.3 Å². The van der Waals surface area contributed by atoms with Crippen LogP contribution in [-0.4, -0.2) is 36.1 Å². The Hall–Kier alpha value is -2.41. The number of nitrogen functional groups attached to an aromatic ring is 2. The van der Waals surface area contributed by atoms with E-state index in [9.17, 15) is 4.39 Å². The maximum Gasteiger partial charge on any atom is 0.223 e. The first-order valence-corrected chi connectivity index (χ1v) is 7.20. The summed E-state index contributed by atoms with van der Waals surface area (Å²) in [4.78, 5) is 10.4. The van der Waals surface area contributed by atoms with E-state index in [0.29, 0.717) is 23.0 Å². The molecule has 2 aromatic rings. The molecule has 3 rings (SSSR count). The van der Waals surface area contributed by atoms with Gasteiger partial charge < -0.3 is 21.7 Å². The van der Waals surface area contributed by atoms with Gasteiger partial charge in [0, 0.05) is 24.7 Å². The summed E-state index contributed by atoms with van der Waals surface area (Å²) >= 11 is 0. The van der Waals surface area contributed by atoms with E-state index in [0.717, 1.165) is 19.5 Å². The molecule has 5 N–H and O–H groups in total. The molecule has 1 aromatic heterocycles. The normalized spacial score (nSPS) is 17.9. The van der Waals surface area contributed by atoms with Crippen molar-refractivity contribution >= 4 is 17.6 Å². The summed E-state index contributed by atoms with van der Waals surface area (Å²) in [5.74, 6) is 0.530. The van der Waals surface area contributed by atoms with Gasteiger partial charge in [0.1, 0.15) is 17.5 Å². The van der Waals surface area contributed by atoms with E-state index in [-0.39, 0.29) is 17.6 Å². The van der Waals surface area contributed by atoms with Crippen molar-refractivity contribution in [2.45, 2.75) is 12.5 Å². The number of anilines is 3. The molecule has 1 saturated heterocycles. The fraction of sp³-hybridized carbons (Fsp3) is 0.333. The summed E-state index contributed by atoms with van der Waals surface area (Å²) in [6.45, 7) is 1.58. The van der Waals surface area contributed by atoms with Crippen molar-refractivity contribution in [3.63, 3.8) is 0 Å². The van der Waals surface area contributed by atoms with E-state index in [1.54, 1.807) is 18.2 Å². The quantitative estimate of drug-likeness (QED) is 0.790. The van der Waals surface area contributed by atoms with Gasteiger partial charge >= 0.3 is 0 Å². The molecule has 0 saturated carbocycles. The molecular weight excluding hydrogens is 283 g/mol. The second-order valence-electron chi connectivity index (χ2n) is 5.37. The van der Waals surface area contributed by atoms with Gasteiger partial charge in [-0.2, -0.15) is 9.97 Å². The van der Waals surface area contributed by atoms with Gasteiger partial charge in [0.15, 0.2) is 0 Å². The Balaban J connectivity index is 2.12. The molecule has 0 unspecified atom stereocenters. The van der Waals surface area contributed by atoms with Crippen LogP contribution in [0.5, 0.6) is 0 Å². The number of benzene rings is 1. The van der Waals surface area contributed by atoms with Crippen molar-refractivity contribution in [1.82, 2.24) is 15.3 Å². The minimum absolute atomic E-state index is 0.0977. The smallest absolute Gasteiger partial charge is 0.223 e. The van der Waals surface area contributed by atoms with E-state index in [1.165, 1.54) is 6.07 Å². The van der Waals surface area contributed by atoms with Crippen LogP contribution >= 0.6 is 0 Å². The zero-order valence-electron chi connectivity index (χ0n) is 12.4.